The number of anilines is 1. The normalized spacial score (nSPS) is 17.4. The van der Waals surface area contributed by atoms with Crippen molar-refractivity contribution >= 4 is 181 Å². The summed E-state index contributed by atoms with van der Waals surface area (Å²) in [7, 11) is 5.08. The third-order valence-electron chi connectivity index (χ3n) is 24.1. The molecule has 14 heteroatoms. The van der Waals surface area contributed by atoms with Crippen molar-refractivity contribution in [3.63, 3.8) is 0 Å². The fourth-order valence-electron chi connectivity index (χ4n) is 17.9. The standard InChI is InChI=1S/C37H26O2S2.C36H31NO3S2.C31H22O2S2/c1-23-12-14-26(15-13-23)37(27-16-18-28(38-2)19-17-27)21-20-25-22-30(24-8-4-3-5-9-24)32-35(33(25)39-37)41-34-29-10-6-7-11-31(29)40-36(32)34;1-39-31-20-28-27-11-13-36(24-5-3-2-4-6-24,25-7-9-26(10-8-25)37-14-16-40-17-15-37)21-30(27)34-33(29(28)19-23(31)22-38)35-32(42-34)12-18-41-35;1-19-7-10-21(11-8-19)31(22-12-14-23(32-2)15-13-22)18-17-20-9-16-25-28(27(20)33-31)35-29-24-5-3-4-6-26(24)34-30(25)29/h3-22H,1-2H3;2-13,18-20,38H,14-17,21-22H2,1H3;3-18H,1-2H3. The minimum Gasteiger partial charge on any atom is -0.497 e. The predicted molar refractivity (Wildman–Crippen MR) is 501 cm³/mol. The molecule has 1 fully saturated rings. The molecule has 0 saturated carbocycles. The number of nitrogens with zero attached hydrogens (tertiary/aromatic N) is 1. The Morgan fingerprint density at radius 3 is 1.56 bits per heavy atom. The zero-order valence-corrected chi connectivity index (χ0v) is 70.4. The molecule has 0 radical (unpaired) electrons. The highest BCUT2D eigenvalue weighted by Crippen LogP contribution is 2.58. The Hall–Kier alpha value is -11.7. The van der Waals surface area contributed by atoms with Crippen LogP contribution in [0.5, 0.6) is 28.7 Å². The number of hydrogen-bond donors (Lipinski definition) is 1. The van der Waals surface area contributed by atoms with Gasteiger partial charge in [0.2, 0.25) is 0 Å². The van der Waals surface area contributed by atoms with Crippen LogP contribution in [-0.2, 0) is 34.4 Å². The van der Waals surface area contributed by atoms with Crippen molar-refractivity contribution < 1.29 is 33.5 Å². The molecule has 3 atom stereocenters. The highest BCUT2D eigenvalue weighted by Gasteiger charge is 2.42. The van der Waals surface area contributed by atoms with E-state index in [2.05, 4.69) is 303 Å². The molecule has 1 saturated heterocycles. The molecule has 23 rings (SSSR count). The van der Waals surface area contributed by atoms with E-state index in [0.717, 1.165) is 100 Å². The van der Waals surface area contributed by atoms with Gasteiger partial charge in [-0.3, -0.25) is 0 Å². The largest absolute Gasteiger partial charge is 0.497 e. The molecule has 578 valence electrons. The molecule has 1 aliphatic carbocycles. The minimum absolute atomic E-state index is 0.0528. The lowest BCUT2D eigenvalue weighted by molar-refractivity contribution is 0.122. The van der Waals surface area contributed by atoms with Crippen molar-refractivity contribution in [2.24, 2.45) is 0 Å². The summed E-state index contributed by atoms with van der Waals surface area (Å²) in [6.07, 6.45) is 14.5. The molecule has 118 heavy (non-hydrogen) atoms. The number of allylic oxidation sites excluding steroid dienone is 1. The highest BCUT2D eigenvalue weighted by molar-refractivity contribution is 7.37. The van der Waals surface area contributed by atoms with Gasteiger partial charge in [0.15, 0.2) is 11.2 Å². The number of aliphatic hydroxyl groups excluding tert-OH is 1. The average molecular weight is 1650 g/mol. The molecule has 3 unspecified atom stereocenters. The molecule has 6 aromatic heterocycles. The van der Waals surface area contributed by atoms with E-state index in [4.69, 9.17) is 28.4 Å². The van der Waals surface area contributed by atoms with Crippen LogP contribution in [0.3, 0.4) is 0 Å². The number of aryl methyl sites for hydroxylation is 2. The van der Waals surface area contributed by atoms with Crippen molar-refractivity contribution in [2.45, 2.75) is 43.5 Å². The maximum absolute atomic E-state index is 10.2. The molecule has 0 amide bonds. The average Bonchev–Trinajstić information content (AvgIpc) is 1.48. The maximum atomic E-state index is 10.2. The van der Waals surface area contributed by atoms with E-state index in [1.807, 2.05) is 80.9 Å². The second-order valence-corrected chi connectivity index (χ2v) is 36.8. The summed E-state index contributed by atoms with van der Waals surface area (Å²) in [5.74, 6) is 4.29. The quantitative estimate of drug-likeness (QED) is 0.130. The van der Waals surface area contributed by atoms with Crippen molar-refractivity contribution in [3.05, 3.63) is 363 Å². The number of hydrogen-bond acceptors (Lipinski definition) is 14. The van der Waals surface area contributed by atoms with Gasteiger partial charge in [-0.05, 0) is 155 Å². The van der Waals surface area contributed by atoms with Crippen LogP contribution in [0.1, 0.15) is 72.3 Å². The van der Waals surface area contributed by atoms with E-state index < -0.39 is 11.2 Å². The minimum atomic E-state index is -0.770. The molecule has 0 bridgehead atoms. The van der Waals surface area contributed by atoms with E-state index in [-0.39, 0.29) is 12.0 Å². The predicted octanol–water partition coefficient (Wildman–Crippen LogP) is 27.7. The van der Waals surface area contributed by atoms with E-state index >= 15 is 0 Å². The van der Waals surface area contributed by atoms with E-state index in [1.54, 1.807) is 32.7 Å². The summed E-state index contributed by atoms with van der Waals surface area (Å²) in [4.78, 5) is 2.41. The number of benzene rings is 13. The fourth-order valence-corrected chi connectivity index (χ4v) is 25.9. The molecular weight excluding hydrogens is 1570 g/mol. The smallest absolute Gasteiger partial charge is 0.178 e. The lowest BCUT2D eigenvalue weighted by atomic mass is 9.66. The maximum Gasteiger partial charge on any atom is 0.178 e. The zero-order chi connectivity index (χ0) is 79.4. The third kappa shape index (κ3) is 12.4. The number of methoxy groups -OCH3 is 3. The number of rotatable bonds is 12. The number of aliphatic hydroxyl groups is 1. The lowest BCUT2D eigenvalue weighted by Crippen LogP contribution is -2.36. The topological polar surface area (TPSA) is 78.9 Å². The van der Waals surface area contributed by atoms with Gasteiger partial charge in [-0.2, -0.15) is 0 Å². The van der Waals surface area contributed by atoms with Gasteiger partial charge < -0.3 is 38.4 Å². The Balaban J connectivity index is 0.000000111. The molecule has 8 nitrogen and oxygen atoms in total. The van der Waals surface area contributed by atoms with Crippen LogP contribution in [-0.4, -0.2) is 52.7 Å². The van der Waals surface area contributed by atoms with E-state index in [1.165, 1.54) is 140 Å². The van der Waals surface area contributed by atoms with Gasteiger partial charge in [0, 0.05) is 109 Å². The molecule has 9 heterocycles. The third-order valence-corrected chi connectivity index (χ3v) is 31.5. The van der Waals surface area contributed by atoms with Gasteiger partial charge in [0.1, 0.15) is 28.7 Å². The SMILES string of the molecule is COc1cc2c3c(c4sc5ccsc5c4c2cc1CO)CC(c1ccccc1)(c1ccc(N2CCOCC2)cc1)C=C3.COc1ccc(C2(c3ccc(C)cc3)C=Cc3cc(-c4ccccc4)c4c(sc5c6ccccc6sc54)c3O2)cc1.COc1ccc(C2(c3ccc(C)cc3)C=Cc3ccc4c(sc5c6ccccc6sc45)c3O2)cc1. The first-order valence-electron chi connectivity index (χ1n) is 39.8. The van der Waals surface area contributed by atoms with Crippen LogP contribution < -0.4 is 28.6 Å². The van der Waals surface area contributed by atoms with Gasteiger partial charge in [0.05, 0.1) is 74.0 Å². The summed E-state index contributed by atoms with van der Waals surface area (Å²) in [6.45, 7) is 7.60. The van der Waals surface area contributed by atoms with Gasteiger partial charge in [-0.1, -0.05) is 230 Å². The zero-order valence-electron chi connectivity index (χ0n) is 65.5. The summed E-state index contributed by atoms with van der Waals surface area (Å²) in [5.41, 5.74) is 17.0. The number of ether oxygens (including phenoxy) is 6. The lowest BCUT2D eigenvalue weighted by Gasteiger charge is -2.37. The van der Waals surface area contributed by atoms with Gasteiger partial charge in [-0.15, -0.1) is 68.0 Å². The Bertz CT molecular complexity index is 7190. The van der Waals surface area contributed by atoms with E-state index in [9.17, 15) is 5.11 Å². The van der Waals surface area contributed by atoms with Crippen molar-refractivity contribution in [1.29, 1.82) is 0 Å². The molecule has 0 spiro atoms. The summed E-state index contributed by atoms with van der Waals surface area (Å²) < 4.78 is 51.1. The molecule has 1 N–H and O–H groups in total. The van der Waals surface area contributed by atoms with Crippen LogP contribution in [0.15, 0.2) is 291 Å². The van der Waals surface area contributed by atoms with Crippen molar-refractivity contribution in [2.75, 3.05) is 52.5 Å². The van der Waals surface area contributed by atoms with Crippen LogP contribution in [0.4, 0.5) is 5.69 Å². The van der Waals surface area contributed by atoms with Crippen molar-refractivity contribution in [1.82, 2.24) is 0 Å². The first-order valence-corrected chi connectivity index (χ1v) is 44.7. The van der Waals surface area contributed by atoms with Crippen molar-refractivity contribution in [3.8, 4) is 39.9 Å². The highest BCUT2D eigenvalue weighted by atomic mass is 32.1. The summed E-state index contributed by atoms with van der Waals surface area (Å²) in [5, 5.41) is 21.2. The van der Waals surface area contributed by atoms with Crippen LogP contribution >= 0.6 is 68.0 Å². The van der Waals surface area contributed by atoms with E-state index in [0.29, 0.717) is 0 Å². The van der Waals surface area contributed by atoms with Gasteiger partial charge in [0.25, 0.3) is 0 Å². The Morgan fingerprint density at radius 1 is 0.407 bits per heavy atom. The Morgan fingerprint density at radius 2 is 0.941 bits per heavy atom. The van der Waals surface area contributed by atoms with Crippen LogP contribution in [0.2, 0.25) is 0 Å². The summed E-state index contributed by atoms with van der Waals surface area (Å²) >= 11 is 11.1. The second kappa shape index (κ2) is 30.1. The van der Waals surface area contributed by atoms with Crippen LogP contribution in [0, 0.1) is 13.8 Å². The molecule has 4 aliphatic rings. The number of morpholine rings is 1. The molecular formula is C104H79NO7S6. The number of fused-ring (bicyclic) bond motifs is 22. The van der Waals surface area contributed by atoms with Gasteiger partial charge in [-0.25, -0.2) is 0 Å². The first-order chi connectivity index (χ1) is 58.0. The molecule has 19 aromatic rings. The monoisotopic (exact) mass is 1650 g/mol. The first kappa shape index (κ1) is 73.9. The molecule has 13 aromatic carbocycles. The summed E-state index contributed by atoms with van der Waals surface area (Å²) in [6, 6.07) is 95.4. The molecule has 3 aliphatic heterocycles. The van der Waals surface area contributed by atoms with Gasteiger partial charge >= 0.3 is 0 Å². The van der Waals surface area contributed by atoms with Crippen LogP contribution in [0.25, 0.3) is 119 Å². The number of thiophene rings is 6. The second-order valence-electron chi connectivity index (χ2n) is 30.7. The Kier molecular flexibility index (Phi) is 18.8. The fraction of sp³-hybridized carbons (Fsp3) is 0.135. The Labute approximate surface area is 707 Å².